The van der Waals surface area contributed by atoms with E-state index in [1.165, 1.54) is 0 Å². The first kappa shape index (κ1) is 16.7. The monoisotopic (exact) mass is 340 g/mol. The van der Waals surface area contributed by atoms with Crippen molar-refractivity contribution in [3.8, 4) is 5.88 Å². The maximum absolute atomic E-state index is 6.17. The molecule has 0 saturated carbocycles. The minimum Gasteiger partial charge on any atom is -0.472 e. The highest BCUT2D eigenvalue weighted by atomic mass is 35.5. The third kappa shape index (κ3) is 4.25. The van der Waals surface area contributed by atoms with E-state index in [0.29, 0.717) is 41.7 Å². The van der Waals surface area contributed by atoms with Crippen LogP contribution in [-0.4, -0.2) is 54.5 Å². The van der Waals surface area contributed by atoms with E-state index >= 15 is 0 Å². The molecule has 1 N–H and O–H groups in total. The normalized spacial score (nSPS) is 31.1. The second-order valence-corrected chi connectivity index (χ2v) is 7.02. The zero-order chi connectivity index (χ0) is 16.4. The van der Waals surface area contributed by atoms with E-state index < -0.39 is 0 Å². The fourth-order valence-electron chi connectivity index (χ4n) is 3.39. The number of piperidine rings is 1. The number of hydrogen-bond donors (Lipinski definition) is 1. The molecule has 6 nitrogen and oxygen atoms in total. The average molecular weight is 341 g/mol. The van der Waals surface area contributed by atoms with Gasteiger partial charge in [-0.15, -0.1) is 0 Å². The van der Waals surface area contributed by atoms with Crippen molar-refractivity contribution in [1.82, 2.24) is 15.3 Å². The summed E-state index contributed by atoms with van der Waals surface area (Å²) in [6, 6.07) is 3.03. The lowest BCUT2D eigenvalue weighted by atomic mass is 9.94. The van der Waals surface area contributed by atoms with Crippen LogP contribution in [-0.2, 0) is 4.74 Å². The smallest absolute Gasteiger partial charge is 0.230 e. The lowest BCUT2D eigenvalue weighted by molar-refractivity contribution is 0.138. The van der Waals surface area contributed by atoms with E-state index in [-0.39, 0.29) is 6.10 Å². The van der Waals surface area contributed by atoms with Gasteiger partial charge in [-0.3, -0.25) is 0 Å². The fourth-order valence-corrected chi connectivity index (χ4v) is 3.56. The van der Waals surface area contributed by atoms with Gasteiger partial charge in [0.25, 0.3) is 0 Å². The lowest BCUT2D eigenvalue weighted by Crippen LogP contribution is -2.50. The van der Waals surface area contributed by atoms with Crippen LogP contribution in [0.25, 0.3) is 0 Å². The summed E-state index contributed by atoms with van der Waals surface area (Å²) in [7, 11) is 2.03. The molecule has 3 atom stereocenters. The third-order valence-electron chi connectivity index (χ3n) is 4.52. The molecule has 3 unspecified atom stereocenters. The Bertz CT molecular complexity index is 529. The Balaban J connectivity index is 1.74. The van der Waals surface area contributed by atoms with Crippen LogP contribution in [0.4, 0.5) is 5.95 Å². The highest BCUT2D eigenvalue weighted by Crippen LogP contribution is 2.25. The van der Waals surface area contributed by atoms with Crippen molar-refractivity contribution in [2.45, 2.75) is 57.3 Å². The summed E-state index contributed by atoms with van der Waals surface area (Å²) < 4.78 is 11.2. The first-order valence-corrected chi connectivity index (χ1v) is 8.67. The molecule has 0 radical (unpaired) electrons. The van der Waals surface area contributed by atoms with Gasteiger partial charge in [-0.1, -0.05) is 11.6 Å². The van der Waals surface area contributed by atoms with E-state index in [0.717, 1.165) is 25.9 Å². The summed E-state index contributed by atoms with van der Waals surface area (Å²) in [5.74, 6) is 1.15. The van der Waals surface area contributed by atoms with Gasteiger partial charge in [0.15, 0.2) is 0 Å². The maximum atomic E-state index is 6.17. The zero-order valence-corrected chi connectivity index (χ0v) is 14.7. The molecule has 2 aliphatic rings. The summed E-state index contributed by atoms with van der Waals surface area (Å²) in [6.45, 7) is 5.77. The predicted molar refractivity (Wildman–Crippen MR) is 90.4 cm³/mol. The molecule has 3 heterocycles. The first-order chi connectivity index (χ1) is 11.0. The van der Waals surface area contributed by atoms with Gasteiger partial charge in [0.2, 0.25) is 11.8 Å². The Hall–Kier alpha value is -1.11. The van der Waals surface area contributed by atoms with Crippen LogP contribution in [0.1, 0.15) is 33.1 Å². The van der Waals surface area contributed by atoms with E-state index in [4.69, 9.17) is 21.1 Å². The molecule has 2 aliphatic heterocycles. The summed E-state index contributed by atoms with van der Waals surface area (Å²) >= 11 is 6.17. The highest BCUT2D eigenvalue weighted by Gasteiger charge is 2.28. The number of ether oxygens (including phenoxy) is 2. The predicted octanol–water partition coefficient (Wildman–Crippen LogP) is 2.26. The summed E-state index contributed by atoms with van der Waals surface area (Å²) in [5, 5.41) is 3.96. The largest absolute Gasteiger partial charge is 0.472 e. The maximum Gasteiger partial charge on any atom is 0.230 e. The van der Waals surface area contributed by atoms with E-state index in [9.17, 15) is 0 Å². The summed E-state index contributed by atoms with van der Waals surface area (Å²) in [4.78, 5) is 11.1. The van der Waals surface area contributed by atoms with Crippen molar-refractivity contribution in [3.05, 3.63) is 11.2 Å². The number of anilines is 1. The van der Waals surface area contributed by atoms with Crippen LogP contribution in [0, 0.1) is 0 Å². The second-order valence-electron chi connectivity index (χ2n) is 6.64. The molecule has 0 bridgehead atoms. The van der Waals surface area contributed by atoms with Crippen molar-refractivity contribution < 1.29 is 9.47 Å². The average Bonchev–Trinajstić information content (AvgIpc) is 2.97. The van der Waals surface area contributed by atoms with Gasteiger partial charge in [0.1, 0.15) is 11.3 Å². The molecule has 1 aromatic rings. The Morgan fingerprint density at radius 1 is 1.30 bits per heavy atom. The third-order valence-corrected chi connectivity index (χ3v) is 4.71. The van der Waals surface area contributed by atoms with Gasteiger partial charge in [-0.25, -0.2) is 4.98 Å². The topological polar surface area (TPSA) is 59.5 Å². The molecular formula is C16H25ClN4O2. The summed E-state index contributed by atoms with van der Waals surface area (Å²) in [6.07, 6.45) is 3.06. The number of hydrogen-bond acceptors (Lipinski definition) is 6. The molecule has 0 aliphatic carbocycles. The molecule has 3 rings (SSSR count). The van der Waals surface area contributed by atoms with Crippen molar-refractivity contribution in [2.24, 2.45) is 0 Å². The van der Waals surface area contributed by atoms with Crippen LogP contribution < -0.4 is 15.0 Å². The number of nitrogens with zero attached hydrogens (tertiary/aromatic N) is 3. The molecule has 0 spiro atoms. The van der Waals surface area contributed by atoms with Crippen LogP contribution in [0.15, 0.2) is 6.07 Å². The highest BCUT2D eigenvalue weighted by molar-refractivity contribution is 6.29. The minimum absolute atomic E-state index is 0.0537. The lowest BCUT2D eigenvalue weighted by Gasteiger charge is -2.38. The van der Waals surface area contributed by atoms with Gasteiger partial charge in [0, 0.05) is 37.7 Å². The van der Waals surface area contributed by atoms with Crippen molar-refractivity contribution >= 4 is 17.5 Å². The Labute approximate surface area is 142 Å². The van der Waals surface area contributed by atoms with Crippen LogP contribution in [0.3, 0.4) is 0 Å². The molecule has 0 aromatic carbocycles. The van der Waals surface area contributed by atoms with E-state index in [2.05, 4.69) is 34.0 Å². The van der Waals surface area contributed by atoms with Gasteiger partial charge >= 0.3 is 0 Å². The minimum atomic E-state index is 0.0537. The van der Waals surface area contributed by atoms with Gasteiger partial charge in [-0.2, -0.15) is 4.98 Å². The fraction of sp³-hybridized carbons (Fsp3) is 0.750. The molecule has 1 aromatic heterocycles. The first-order valence-electron chi connectivity index (χ1n) is 8.29. The van der Waals surface area contributed by atoms with Crippen molar-refractivity contribution in [1.29, 1.82) is 0 Å². The number of rotatable bonds is 4. The van der Waals surface area contributed by atoms with E-state index in [1.807, 2.05) is 7.05 Å². The molecule has 2 saturated heterocycles. The molecular weight excluding hydrogens is 316 g/mol. The van der Waals surface area contributed by atoms with Gasteiger partial charge < -0.3 is 19.7 Å². The quantitative estimate of drug-likeness (QED) is 0.848. The summed E-state index contributed by atoms with van der Waals surface area (Å²) in [5.41, 5.74) is 0. The standard InChI is InChI=1S/C16H25ClN4O2/c1-10-6-12(7-11(2)18-10)21(3)16-19-14(17)8-15(20-16)23-13-4-5-22-9-13/h8,10-13,18H,4-7,9H2,1-3H3. The second kappa shape index (κ2) is 7.20. The van der Waals surface area contributed by atoms with Gasteiger partial charge in [0.05, 0.1) is 13.2 Å². The van der Waals surface area contributed by atoms with Crippen LogP contribution in [0.5, 0.6) is 5.88 Å². The molecule has 0 amide bonds. The number of nitrogens with one attached hydrogen (secondary N) is 1. The number of halogens is 1. The zero-order valence-electron chi connectivity index (χ0n) is 14.0. The molecule has 2 fully saturated rings. The van der Waals surface area contributed by atoms with E-state index in [1.54, 1.807) is 6.07 Å². The Kier molecular flexibility index (Phi) is 5.24. The number of aromatic nitrogens is 2. The van der Waals surface area contributed by atoms with Crippen LogP contribution in [0.2, 0.25) is 5.15 Å². The van der Waals surface area contributed by atoms with Crippen molar-refractivity contribution in [2.75, 3.05) is 25.2 Å². The molecule has 23 heavy (non-hydrogen) atoms. The molecule has 7 heteroatoms. The van der Waals surface area contributed by atoms with Crippen molar-refractivity contribution in [3.63, 3.8) is 0 Å². The Morgan fingerprint density at radius 2 is 2.04 bits per heavy atom. The Morgan fingerprint density at radius 3 is 2.70 bits per heavy atom. The van der Waals surface area contributed by atoms with Crippen LogP contribution >= 0.6 is 11.6 Å². The van der Waals surface area contributed by atoms with Gasteiger partial charge in [-0.05, 0) is 26.7 Å². The SMILES string of the molecule is CC1CC(N(C)c2nc(Cl)cc(OC3CCOC3)n2)CC(C)N1. The molecule has 128 valence electrons.